The smallest absolute Gasteiger partial charge is 0.0506 e. The summed E-state index contributed by atoms with van der Waals surface area (Å²) in [4.78, 5) is 4.18. The summed E-state index contributed by atoms with van der Waals surface area (Å²) in [7, 11) is 0. The fourth-order valence-electron chi connectivity index (χ4n) is 3.03. The molecular weight excluding hydrogens is 282 g/mol. The van der Waals surface area contributed by atoms with Crippen molar-refractivity contribution in [1.29, 1.82) is 0 Å². The van der Waals surface area contributed by atoms with Gasteiger partial charge in [0.25, 0.3) is 0 Å². The standard InChI is InChI=1S/C21H31NO/c1-2-3-4-5-6-7-8-9-16-23-17-14-19-11-10-12-20-18-22-15-13-21(19)20/h10-13,15,18H,2-9,14,16-17H2,1H3. The molecule has 0 radical (unpaired) electrons. The lowest BCUT2D eigenvalue weighted by Gasteiger charge is -2.07. The van der Waals surface area contributed by atoms with Crippen LogP contribution in [-0.4, -0.2) is 18.2 Å². The number of pyridine rings is 1. The van der Waals surface area contributed by atoms with Crippen molar-refractivity contribution in [2.45, 2.75) is 64.7 Å². The van der Waals surface area contributed by atoms with Crippen LogP contribution < -0.4 is 0 Å². The molecule has 0 aliphatic heterocycles. The summed E-state index contributed by atoms with van der Waals surface area (Å²) >= 11 is 0. The van der Waals surface area contributed by atoms with Crippen molar-refractivity contribution in [3.63, 3.8) is 0 Å². The second kappa shape index (κ2) is 11.2. The van der Waals surface area contributed by atoms with E-state index >= 15 is 0 Å². The quantitative estimate of drug-likeness (QED) is 0.453. The monoisotopic (exact) mass is 313 g/mol. The van der Waals surface area contributed by atoms with E-state index in [1.807, 2.05) is 12.4 Å². The molecular formula is C21H31NO. The molecule has 0 aliphatic rings. The number of aromatic nitrogens is 1. The van der Waals surface area contributed by atoms with Crippen molar-refractivity contribution in [2.75, 3.05) is 13.2 Å². The maximum Gasteiger partial charge on any atom is 0.0506 e. The van der Waals surface area contributed by atoms with Crippen LogP contribution in [0, 0.1) is 0 Å². The van der Waals surface area contributed by atoms with E-state index in [1.165, 1.54) is 67.7 Å². The molecule has 1 heterocycles. The molecule has 2 heteroatoms. The predicted molar refractivity (Wildman–Crippen MR) is 98.9 cm³/mol. The summed E-state index contributed by atoms with van der Waals surface area (Å²) in [5, 5.41) is 2.52. The van der Waals surface area contributed by atoms with Crippen LogP contribution >= 0.6 is 0 Å². The Balaban J connectivity index is 1.54. The number of ether oxygens (including phenoxy) is 1. The molecule has 0 amide bonds. The Bertz CT molecular complexity index is 547. The van der Waals surface area contributed by atoms with Gasteiger partial charge in [-0.15, -0.1) is 0 Å². The van der Waals surface area contributed by atoms with Crippen LogP contribution in [0.15, 0.2) is 36.7 Å². The molecule has 2 rings (SSSR count). The van der Waals surface area contributed by atoms with Crippen LogP contribution in [0.4, 0.5) is 0 Å². The van der Waals surface area contributed by atoms with E-state index in [-0.39, 0.29) is 0 Å². The largest absolute Gasteiger partial charge is 0.381 e. The minimum Gasteiger partial charge on any atom is -0.381 e. The first-order chi connectivity index (χ1) is 11.4. The van der Waals surface area contributed by atoms with Gasteiger partial charge in [-0.1, -0.05) is 70.1 Å². The first kappa shape index (κ1) is 17.9. The zero-order valence-corrected chi connectivity index (χ0v) is 14.6. The molecule has 0 atom stereocenters. The minimum atomic E-state index is 0.817. The number of unbranched alkanes of at least 4 members (excludes halogenated alkanes) is 7. The van der Waals surface area contributed by atoms with Crippen molar-refractivity contribution in [3.8, 4) is 0 Å². The molecule has 23 heavy (non-hydrogen) atoms. The van der Waals surface area contributed by atoms with E-state index in [4.69, 9.17) is 4.74 Å². The zero-order chi connectivity index (χ0) is 16.2. The highest BCUT2D eigenvalue weighted by molar-refractivity contribution is 5.84. The summed E-state index contributed by atoms with van der Waals surface area (Å²) < 4.78 is 5.82. The summed E-state index contributed by atoms with van der Waals surface area (Å²) in [6, 6.07) is 8.52. The summed E-state index contributed by atoms with van der Waals surface area (Å²) in [6.45, 7) is 3.99. The lowest BCUT2D eigenvalue weighted by molar-refractivity contribution is 0.133. The average Bonchev–Trinajstić information content (AvgIpc) is 2.60. The van der Waals surface area contributed by atoms with E-state index in [2.05, 4.69) is 36.2 Å². The Hall–Kier alpha value is -1.41. The van der Waals surface area contributed by atoms with Crippen molar-refractivity contribution in [1.82, 2.24) is 4.98 Å². The average molecular weight is 313 g/mol. The highest BCUT2D eigenvalue weighted by atomic mass is 16.5. The highest BCUT2D eigenvalue weighted by Gasteiger charge is 2.00. The zero-order valence-electron chi connectivity index (χ0n) is 14.6. The Morgan fingerprint density at radius 3 is 2.48 bits per heavy atom. The van der Waals surface area contributed by atoms with Crippen LogP contribution in [0.5, 0.6) is 0 Å². The lowest BCUT2D eigenvalue weighted by Crippen LogP contribution is -2.01. The number of fused-ring (bicyclic) bond motifs is 1. The Morgan fingerprint density at radius 2 is 1.65 bits per heavy atom. The van der Waals surface area contributed by atoms with Crippen molar-refractivity contribution in [2.24, 2.45) is 0 Å². The number of nitrogens with zero attached hydrogens (tertiary/aromatic N) is 1. The van der Waals surface area contributed by atoms with Gasteiger partial charge < -0.3 is 4.74 Å². The molecule has 0 N–H and O–H groups in total. The van der Waals surface area contributed by atoms with Gasteiger partial charge in [-0.05, 0) is 29.9 Å². The summed E-state index contributed by atoms with van der Waals surface area (Å²) in [5.74, 6) is 0. The maximum absolute atomic E-state index is 5.82. The first-order valence-electron chi connectivity index (χ1n) is 9.31. The molecule has 2 aromatic rings. The third kappa shape index (κ3) is 6.70. The molecule has 126 valence electrons. The summed E-state index contributed by atoms with van der Waals surface area (Å²) in [5.41, 5.74) is 1.36. The van der Waals surface area contributed by atoms with Crippen molar-refractivity contribution in [3.05, 3.63) is 42.2 Å². The predicted octanol–water partition coefficient (Wildman–Crippen LogP) is 5.93. The molecule has 1 aromatic carbocycles. The fraction of sp³-hybridized carbons (Fsp3) is 0.571. The number of rotatable bonds is 12. The van der Waals surface area contributed by atoms with Gasteiger partial charge in [0.05, 0.1) is 6.61 Å². The van der Waals surface area contributed by atoms with Crippen LogP contribution in [0.2, 0.25) is 0 Å². The van der Waals surface area contributed by atoms with Crippen molar-refractivity contribution < 1.29 is 4.74 Å². The van der Waals surface area contributed by atoms with Gasteiger partial charge in [-0.2, -0.15) is 0 Å². The molecule has 0 spiro atoms. The van der Waals surface area contributed by atoms with Gasteiger partial charge in [0, 0.05) is 24.4 Å². The van der Waals surface area contributed by atoms with Gasteiger partial charge in [0.1, 0.15) is 0 Å². The first-order valence-corrected chi connectivity index (χ1v) is 9.31. The second-order valence-corrected chi connectivity index (χ2v) is 6.35. The Kier molecular flexibility index (Phi) is 8.72. The van der Waals surface area contributed by atoms with E-state index in [9.17, 15) is 0 Å². The van der Waals surface area contributed by atoms with Crippen LogP contribution in [0.1, 0.15) is 63.9 Å². The lowest BCUT2D eigenvalue weighted by atomic mass is 10.0. The van der Waals surface area contributed by atoms with E-state index in [0.717, 1.165) is 19.6 Å². The van der Waals surface area contributed by atoms with Gasteiger partial charge in [-0.3, -0.25) is 4.98 Å². The fourth-order valence-corrected chi connectivity index (χ4v) is 3.03. The van der Waals surface area contributed by atoms with E-state index < -0.39 is 0 Å². The number of benzene rings is 1. The van der Waals surface area contributed by atoms with Gasteiger partial charge in [0.15, 0.2) is 0 Å². The molecule has 0 fully saturated rings. The van der Waals surface area contributed by atoms with Crippen molar-refractivity contribution >= 4 is 10.8 Å². The van der Waals surface area contributed by atoms with Gasteiger partial charge in [-0.25, -0.2) is 0 Å². The second-order valence-electron chi connectivity index (χ2n) is 6.35. The molecule has 1 aromatic heterocycles. The van der Waals surface area contributed by atoms with Crippen LogP contribution in [0.3, 0.4) is 0 Å². The summed E-state index contributed by atoms with van der Waals surface area (Å²) in [6.07, 6.45) is 15.6. The molecule has 0 saturated carbocycles. The number of hydrogen-bond donors (Lipinski definition) is 0. The SMILES string of the molecule is CCCCCCCCCCOCCc1cccc2cnccc12. The Morgan fingerprint density at radius 1 is 0.870 bits per heavy atom. The van der Waals surface area contributed by atoms with Gasteiger partial charge in [0.2, 0.25) is 0 Å². The van der Waals surface area contributed by atoms with Gasteiger partial charge >= 0.3 is 0 Å². The highest BCUT2D eigenvalue weighted by Crippen LogP contribution is 2.18. The molecule has 2 nitrogen and oxygen atoms in total. The molecule has 0 unspecified atom stereocenters. The van der Waals surface area contributed by atoms with Crippen LogP contribution in [-0.2, 0) is 11.2 Å². The third-order valence-corrected chi connectivity index (χ3v) is 4.43. The maximum atomic E-state index is 5.82. The normalized spacial score (nSPS) is 11.2. The molecule has 0 bridgehead atoms. The van der Waals surface area contributed by atoms with E-state index in [0.29, 0.717) is 0 Å². The minimum absolute atomic E-state index is 0.817. The topological polar surface area (TPSA) is 22.1 Å². The molecule has 0 saturated heterocycles. The van der Waals surface area contributed by atoms with E-state index in [1.54, 1.807) is 0 Å². The Labute approximate surface area is 141 Å². The van der Waals surface area contributed by atoms with Crippen LogP contribution in [0.25, 0.3) is 10.8 Å². The number of hydrogen-bond acceptors (Lipinski definition) is 2. The molecule has 0 aliphatic carbocycles. The third-order valence-electron chi connectivity index (χ3n) is 4.43.